The molecule has 0 aromatic carbocycles. The molecule has 2 saturated heterocycles. The molecular weight excluding hydrogens is 328 g/mol. The van der Waals surface area contributed by atoms with E-state index in [0.717, 1.165) is 38.5 Å². The van der Waals surface area contributed by atoms with Crippen molar-refractivity contribution in [3.63, 3.8) is 0 Å². The molecule has 2 N–H and O–H groups in total. The molecule has 0 radical (unpaired) electrons. The van der Waals surface area contributed by atoms with Gasteiger partial charge in [-0.05, 0) is 56.8 Å². The summed E-state index contributed by atoms with van der Waals surface area (Å²) in [6, 6.07) is 0. The van der Waals surface area contributed by atoms with Gasteiger partial charge in [-0.2, -0.15) is 0 Å². The number of allylic oxidation sites excluding steroid dienone is 2. The second kappa shape index (κ2) is 9.70. The van der Waals surface area contributed by atoms with E-state index in [1.165, 1.54) is 19.3 Å². The molecule has 0 aromatic heterocycles. The highest BCUT2D eigenvalue weighted by molar-refractivity contribution is 5.66. The Bertz CT molecular complexity index is 506. The first kappa shape index (κ1) is 19.6. The van der Waals surface area contributed by atoms with Gasteiger partial charge >= 0.3 is 5.97 Å². The number of aliphatic hydroxyl groups excluding tert-OH is 1. The quantitative estimate of drug-likeness (QED) is 0.469. The molecule has 3 aliphatic rings. The Morgan fingerprint density at radius 2 is 1.85 bits per heavy atom. The van der Waals surface area contributed by atoms with Crippen molar-refractivity contribution >= 4 is 5.97 Å². The average molecular weight is 363 g/mol. The van der Waals surface area contributed by atoms with Crippen LogP contribution < -0.4 is 0 Å². The highest BCUT2D eigenvalue weighted by atomic mass is 16.5. The molecule has 5 atom stereocenters. The van der Waals surface area contributed by atoms with Crippen molar-refractivity contribution in [3.05, 3.63) is 24.3 Å². The van der Waals surface area contributed by atoms with E-state index in [4.69, 9.17) is 9.84 Å². The number of hydrogen-bond acceptors (Lipinski definition) is 3. The fourth-order valence-corrected chi connectivity index (χ4v) is 5.00. The summed E-state index contributed by atoms with van der Waals surface area (Å²) in [5.41, 5.74) is 0. The standard InChI is InChI=1S/C22H34O4/c23-19(16-8-4-3-5-9-16)13-12-18-17(20-14-15-21(18)26-20)10-6-1-2-7-11-22(24)25/h1,6,12-13,16-21,23H,2-5,7-11,14-15H2,(H,24,25)/b6-1-,13-12+. The van der Waals surface area contributed by atoms with E-state index in [2.05, 4.69) is 18.2 Å². The van der Waals surface area contributed by atoms with E-state index in [1.807, 2.05) is 6.08 Å². The van der Waals surface area contributed by atoms with Crippen molar-refractivity contribution in [3.8, 4) is 0 Å². The fraction of sp³-hybridized carbons (Fsp3) is 0.773. The molecule has 146 valence electrons. The van der Waals surface area contributed by atoms with Gasteiger partial charge in [0.2, 0.25) is 0 Å². The summed E-state index contributed by atoms with van der Waals surface area (Å²) in [7, 11) is 0. The van der Waals surface area contributed by atoms with E-state index in [1.54, 1.807) is 0 Å². The van der Waals surface area contributed by atoms with Crippen LogP contribution in [0, 0.1) is 17.8 Å². The molecule has 2 heterocycles. The molecule has 0 amide bonds. The zero-order valence-corrected chi connectivity index (χ0v) is 15.8. The Morgan fingerprint density at radius 3 is 2.62 bits per heavy atom. The van der Waals surface area contributed by atoms with Gasteiger partial charge < -0.3 is 14.9 Å². The van der Waals surface area contributed by atoms with Crippen LogP contribution in [-0.2, 0) is 9.53 Å². The van der Waals surface area contributed by atoms with Crippen molar-refractivity contribution in [1.82, 2.24) is 0 Å². The third-order valence-electron chi connectivity index (χ3n) is 6.49. The lowest BCUT2D eigenvalue weighted by Gasteiger charge is -2.27. The predicted octanol–water partition coefficient (Wildman–Crippen LogP) is 4.48. The largest absolute Gasteiger partial charge is 0.481 e. The SMILES string of the molecule is O=C(O)CCC/C=C\CC1C2CCC(O2)C1/C=C/C(O)C1CCCCC1. The van der Waals surface area contributed by atoms with Crippen LogP contribution in [0.2, 0.25) is 0 Å². The van der Waals surface area contributed by atoms with Crippen LogP contribution in [0.15, 0.2) is 24.3 Å². The van der Waals surface area contributed by atoms with Crippen molar-refractivity contribution < 1.29 is 19.7 Å². The minimum atomic E-state index is -0.721. The van der Waals surface area contributed by atoms with Gasteiger partial charge in [0.05, 0.1) is 18.3 Å². The number of ether oxygens (including phenoxy) is 1. The first-order valence-corrected chi connectivity index (χ1v) is 10.5. The maximum absolute atomic E-state index is 10.5. The lowest BCUT2D eigenvalue weighted by atomic mass is 9.76. The maximum atomic E-state index is 10.5. The number of carboxylic acids is 1. The van der Waals surface area contributed by atoms with Crippen LogP contribution in [-0.4, -0.2) is 34.5 Å². The van der Waals surface area contributed by atoms with Crippen molar-refractivity contribution in [2.45, 2.75) is 88.9 Å². The molecule has 2 aliphatic heterocycles. The Morgan fingerprint density at radius 1 is 1.08 bits per heavy atom. The first-order valence-electron chi connectivity index (χ1n) is 10.5. The van der Waals surface area contributed by atoms with E-state index in [-0.39, 0.29) is 12.5 Å². The Kier molecular flexibility index (Phi) is 7.32. The smallest absolute Gasteiger partial charge is 0.303 e. The molecule has 5 unspecified atom stereocenters. The van der Waals surface area contributed by atoms with Gasteiger partial charge in [-0.3, -0.25) is 4.79 Å². The van der Waals surface area contributed by atoms with Crippen LogP contribution in [0.1, 0.15) is 70.6 Å². The molecule has 0 aromatic rings. The lowest BCUT2D eigenvalue weighted by molar-refractivity contribution is -0.137. The zero-order valence-electron chi connectivity index (χ0n) is 15.8. The van der Waals surface area contributed by atoms with E-state index in [9.17, 15) is 9.90 Å². The highest BCUT2D eigenvalue weighted by Gasteiger charge is 2.46. The average Bonchev–Trinajstić information content (AvgIpc) is 3.24. The first-order chi connectivity index (χ1) is 12.6. The fourth-order valence-electron chi connectivity index (χ4n) is 5.00. The summed E-state index contributed by atoms with van der Waals surface area (Å²) >= 11 is 0. The van der Waals surface area contributed by atoms with Gasteiger partial charge in [0, 0.05) is 12.3 Å². The van der Waals surface area contributed by atoms with Crippen LogP contribution in [0.4, 0.5) is 0 Å². The van der Waals surface area contributed by atoms with E-state index in [0.29, 0.717) is 36.4 Å². The topological polar surface area (TPSA) is 66.8 Å². The summed E-state index contributed by atoms with van der Waals surface area (Å²) in [5, 5.41) is 19.2. The summed E-state index contributed by atoms with van der Waals surface area (Å²) < 4.78 is 6.14. The van der Waals surface area contributed by atoms with Gasteiger partial charge in [-0.1, -0.05) is 43.6 Å². The Balaban J connectivity index is 1.49. The molecular formula is C22H34O4. The van der Waals surface area contributed by atoms with Gasteiger partial charge in [0.25, 0.3) is 0 Å². The molecule has 26 heavy (non-hydrogen) atoms. The Labute approximate surface area is 157 Å². The van der Waals surface area contributed by atoms with Crippen LogP contribution >= 0.6 is 0 Å². The monoisotopic (exact) mass is 362 g/mol. The summed E-state index contributed by atoms with van der Waals surface area (Å²) in [6.07, 6.45) is 20.2. The number of carbonyl (C=O) groups is 1. The second-order valence-corrected chi connectivity index (χ2v) is 8.30. The second-order valence-electron chi connectivity index (χ2n) is 8.30. The van der Waals surface area contributed by atoms with Crippen LogP contribution in [0.3, 0.4) is 0 Å². The minimum absolute atomic E-state index is 0.242. The number of aliphatic carboxylic acids is 1. The van der Waals surface area contributed by atoms with Crippen molar-refractivity contribution in [1.29, 1.82) is 0 Å². The van der Waals surface area contributed by atoms with Gasteiger partial charge in [-0.25, -0.2) is 0 Å². The molecule has 0 spiro atoms. The molecule has 1 aliphatic carbocycles. The molecule has 3 fully saturated rings. The molecule has 1 saturated carbocycles. The van der Waals surface area contributed by atoms with Gasteiger partial charge in [0.1, 0.15) is 0 Å². The number of hydrogen-bond donors (Lipinski definition) is 2. The zero-order chi connectivity index (χ0) is 18.4. The Hall–Kier alpha value is -1.13. The molecule has 4 heteroatoms. The lowest BCUT2D eigenvalue weighted by Crippen LogP contribution is -2.26. The number of rotatable bonds is 9. The molecule has 4 nitrogen and oxygen atoms in total. The van der Waals surface area contributed by atoms with Crippen molar-refractivity contribution in [2.75, 3.05) is 0 Å². The summed E-state index contributed by atoms with van der Waals surface area (Å²) in [5.74, 6) is 0.628. The number of aliphatic hydroxyl groups is 1. The normalized spacial score (nSPS) is 33.4. The van der Waals surface area contributed by atoms with E-state index >= 15 is 0 Å². The van der Waals surface area contributed by atoms with Crippen molar-refractivity contribution in [2.24, 2.45) is 17.8 Å². The third kappa shape index (κ3) is 5.20. The van der Waals surface area contributed by atoms with Crippen LogP contribution in [0.5, 0.6) is 0 Å². The number of carboxylic acid groups (broad SMARTS) is 1. The highest BCUT2D eigenvalue weighted by Crippen LogP contribution is 2.46. The molecule has 2 bridgehead atoms. The third-order valence-corrected chi connectivity index (χ3v) is 6.49. The van der Waals surface area contributed by atoms with E-state index < -0.39 is 5.97 Å². The summed E-state index contributed by atoms with van der Waals surface area (Å²) in [4.78, 5) is 10.5. The van der Waals surface area contributed by atoms with Crippen LogP contribution in [0.25, 0.3) is 0 Å². The number of unbranched alkanes of at least 4 members (excludes halogenated alkanes) is 1. The number of fused-ring (bicyclic) bond motifs is 2. The van der Waals surface area contributed by atoms with Gasteiger partial charge in [0.15, 0.2) is 0 Å². The minimum Gasteiger partial charge on any atom is -0.481 e. The predicted molar refractivity (Wildman–Crippen MR) is 102 cm³/mol. The summed E-state index contributed by atoms with van der Waals surface area (Å²) in [6.45, 7) is 0. The maximum Gasteiger partial charge on any atom is 0.303 e. The van der Waals surface area contributed by atoms with Gasteiger partial charge in [-0.15, -0.1) is 0 Å². The molecule has 3 rings (SSSR count).